The van der Waals surface area contributed by atoms with E-state index in [1.54, 1.807) is 0 Å². The first-order valence-electron chi connectivity index (χ1n) is 6.93. The van der Waals surface area contributed by atoms with Crippen molar-refractivity contribution in [1.82, 2.24) is 10.2 Å². The normalized spacial score (nSPS) is 30.7. The summed E-state index contributed by atoms with van der Waals surface area (Å²) in [4.78, 5) is 2.60. The average Bonchev–Trinajstić information content (AvgIpc) is 2.39. The summed E-state index contributed by atoms with van der Waals surface area (Å²) in [5.74, 6) is 0.902. The quantitative estimate of drug-likeness (QED) is 0.923. The molecule has 3 heterocycles. The third-order valence-electron chi connectivity index (χ3n) is 4.42. The van der Waals surface area contributed by atoms with Crippen molar-refractivity contribution < 1.29 is 0 Å². The minimum Gasteiger partial charge on any atom is -0.308 e. The smallest absolute Gasteiger partial charge is 0.0227 e. The highest BCUT2D eigenvalue weighted by atomic mass is 79.9. The van der Waals surface area contributed by atoms with E-state index >= 15 is 0 Å². The number of nitrogens with one attached hydrogen (secondary N) is 1. The van der Waals surface area contributed by atoms with Crippen molar-refractivity contribution in [2.45, 2.75) is 32.4 Å². The Bertz CT molecular complexity index is 425. The van der Waals surface area contributed by atoms with Gasteiger partial charge in [-0.15, -0.1) is 0 Å². The lowest BCUT2D eigenvalue weighted by Gasteiger charge is -2.45. The van der Waals surface area contributed by atoms with Gasteiger partial charge < -0.3 is 10.2 Å². The number of halogens is 1. The number of nitrogens with zero attached hydrogens (tertiary/aromatic N) is 1. The van der Waals surface area contributed by atoms with Crippen molar-refractivity contribution in [1.29, 1.82) is 0 Å². The second-order valence-electron chi connectivity index (χ2n) is 5.72. The van der Waals surface area contributed by atoms with Crippen molar-refractivity contribution in [3.05, 3.63) is 33.8 Å². The fourth-order valence-electron chi connectivity index (χ4n) is 3.23. The Balaban J connectivity index is 1.61. The van der Waals surface area contributed by atoms with Gasteiger partial charge in [0, 0.05) is 23.6 Å². The Hall–Kier alpha value is -0.380. The van der Waals surface area contributed by atoms with Crippen LogP contribution in [0.1, 0.15) is 24.0 Å². The predicted octanol–water partition coefficient (Wildman–Crippen LogP) is 2.94. The van der Waals surface area contributed by atoms with Crippen molar-refractivity contribution >= 4 is 15.9 Å². The maximum atomic E-state index is 3.76. The van der Waals surface area contributed by atoms with Crippen LogP contribution in [0, 0.1) is 12.8 Å². The van der Waals surface area contributed by atoms with Crippen molar-refractivity contribution in [3.63, 3.8) is 0 Å². The Morgan fingerprint density at radius 2 is 2.11 bits per heavy atom. The molecule has 18 heavy (non-hydrogen) atoms. The molecule has 3 aliphatic rings. The van der Waals surface area contributed by atoms with E-state index in [0.717, 1.165) is 12.5 Å². The minimum atomic E-state index is 0.695. The van der Waals surface area contributed by atoms with Crippen LogP contribution in [0.3, 0.4) is 0 Å². The Labute approximate surface area is 118 Å². The van der Waals surface area contributed by atoms with Crippen LogP contribution in [-0.2, 0) is 6.54 Å². The molecular weight excluding hydrogens is 288 g/mol. The number of aryl methyl sites for hydroxylation is 1. The molecule has 1 aromatic carbocycles. The van der Waals surface area contributed by atoms with E-state index in [0.29, 0.717) is 6.04 Å². The summed E-state index contributed by atoms with van der Waals surface area (Å²) in [5, 5.41) is 3.76. The second-order valence-corrected chi connectivity index (χ2v) is 6.57. The molecule has 0 aromatic heterocycles. The van der Waals surface area contributed by atoms with E-state index in [1.165, 1.54) is 48.1 Å². The Morgan fingerprint density at radius 1 is 1.33 bits per heavy atom. The largest absolute Gasteiger partial charge is 0.308 e. The highest BCUT2D eigenvalue weighted by molar-refractivity contribution is 9.10. The molecule has 3 aliphatic heterocycles. The van der Waals surface area contributed by atoms with Gasteiger partial charge in [0.05, 0.1) is 0 Å². The predicted molar refractivity (Wildman–Crippen MR) is 78.7 cm³/mol. The maximum absolute atomic E-state index is 3.76. The lowest BCUT2D eigenvalue weighted by atomic mass is 9.84. The number of hydrogen-bond acceptors (Lipinski definition) is 2. The fraction of sp³-hybridized carbons (Fsp3) is 0.600. The molecule has 3 saturated heterocycles. The molecule has 1 N–H and O–H groups in total. The first-order chi connectivity index (χ1) is 8.72. The third-order valence-corrected chi connectivity index (χ3v) is 5.16. The topological polar surface area (TPSA) is 15.3 Å². The second kappa shape index (κ2) is 5.32. The molecule has 0 aliphatic carbocycles. The van der Waals surface area contributed by atoms with Crippen LogP contribution in [-0.4, -0.2) is 30.6 Å². The number of piperidine rings is 3. The molecule has 4 rings (SSSR count). The zero-order valence-corrected chi connectivity index (χ0v) is 12.5. The fourth-order valence-corrected chi connectivity index (χ4v) is 3.87. The highest BCUT2D eigenvalue weighted by Crippen LogP contribution is 2.28. The summed E-state index contributed by atoms with van der Waals surface area (Å²) in [5.41, 5.74) is 2.69. The monoisotopic (exact) mass is 308 g/mol. The summed E-state index contributed by atoms with van der Waals surface area (Å²) >= 11 is 3.66. The van der Waals surface area contributed by atoms with E-state index in [2.05, 4.69) is 51.3 Å². The molecule has 3 heteroatoms. The molecule has 3 fully saturated rings. The zero-order valence-electron chi connectivity index (χ0n) is 11.0. The van der Waals surface area contributed by atoms with Gasteiger partial charge in [0.1, 0.15) is 0 Å². The Morgan fingerprint density at radius 3 is 2.72 bits per heavy atom. The third kappa shape index (κ3) is 2.63. The minimum absolute atomic E-state index is 0.695. The van der Waals surface area contributed by atoms with E-state index in [-0.39, 0.29) is 0 Å². The van der Waals surface area contributed by atoms with Crippen LogP contribution in [0.4, 0.5) is 0 Å². The maximum Gasteiger partial charge on any atom is 0.0227 e. The van der Waals surface area contributed by atoms with E-state index in [4.69, 9.17) is 0 Å². The van der Waals surface area contributed by atoms with Gasteiger partial charge in [0.25, 0.3) is 0 Å². The lowest BCUT2D eigenvalue weighted by Crippen LogP contribution is -2.55. The molecule has 2 nitrogen and oxygen atoms in total. The van der Waals surface area contributed by atoms with E-state index in [1.807, 2.05) is 0 Å². The molecule has 0 radical (unpaired) electrons. The van der Waals surface area contributed by atoms with Crippen LogP contribution >= 0.6 is 15.9 Å². The number of fused-ring (bicyclic) bond motifs is 3. The first kappa shape index (κ1) is 12.6. The molecule has 1 aromatic rings. The van der Waals surface area contributed by atoms with Crippen LogP contribution in [0.2, 0.25) is 0 Å². The first-order valence-corrected chi connectivity index (χ1v) is 7.72. The van der Waals surface area contributed by atoms with Gasteiger partial charge in [-0.2, -0.15) is 0 Å². The van der Waals surface area contributed by atoms with Gasteiger partial charge in [-0.25, -0.2) is 0 Å². The highest BCUT2D eigenvalue weighted by Gasteiger charge is 2.33. The zero-order chi connectivity index (χ0) is 12.5. The molecule has 1 unspecified atom stereocenters. The van der Waals surface area contributed by atoms with Gasteiger partial charge in [0.15, 0.2) is 0 Å². The summed E-state index contributed by atoms with van der Waals surface area (Å²) in [7, 11) is 0. The van der Waals surface area contributed by atoms with Crippen molar-refractivity contribution in [3.8, 4) is 0 Å². The van der Waals surface area contributed by atoms with E-state index in [9.17, 15) is 0 Å². The van der Waals surface area contributed by atoms with Crippen LogP contribution in [0.15, 0.2) is 22.7 Å². The van der Waals surface area contributed by atoms with Gasteiger partial charge in [-0.3, -0.25) is 0 Å². The lowest BCUT2D eigenvalue weighted by molar-refractivity contribution is 0.0720. The van der Waals surface area contributed by atoms with Crippen LogP contribution in [0.5, 0.6) is 0 Å². The molecule has 0 amide bonds. The average molecular weight is 309 g/mol. The standard InChI is InChI=1S/C15H21BrN2/c1-11-2-3-13(14(16)8-11)9-17-15-10-18-6-4-12(15)5-7-18/h2-3,8,12,15,17H,4-7,9-10H2,1H3. The Kier molecular flexibility index (Phi) is 3.73. The van der Waals surface area contributed by atoms with Gasteiger partial charge in [-0.1, -0.05) is 28.1 Å². The summed E-state index contributed by atoms with van der Waals surface area (Å²) < 4.78 is 1.23. The summed E-state index contributed by atoms with van der Waals surface area (Å²) in [6.07, 6.45) is 2.76. The summed E-state index contributed by atoms with van der Waals surface area (Å²) in [6, 6.07) is 7.32. The molecule has 0 saturated carbocycles. The van der Waals surface area contributed by atoms with Gasteiger partial charge in [0.2, 0.25) is 0 Å². The van der Waals surface area contributed by atoms with Gasteiger partial charge >= 0.3 is 0 Å². The van der Waals surface area contributed by atoms with E-state index < -0.39 is 0 Å². The van der Waals surface area contributed by atoms with Crippen LogP contribution in [0.25, 0.3) is 0 Å². The summed E-state index contributed by atoms with van der Waals surface area (Å²) in [6.45, 7) is 6.99. The van der Waals surface area contributed by atoms with Crippen LogP contribution < -0.4 is 5.32 Å². The molecule has 2 bridgehead atoms. The molecule has 98 valence electrons. The molecular formula is C15H21BrN2. The van der Waals surface area contributed by atoms with Gasteiger partial charge in [-0.05, 0) is 56.0 Å². The number of rotatable bonds is 3. The van der Waals surface area contributed by atoms with Crippen molar-refractivity contribution in [2.75, 3.05) is 19.6 Å². The molecule has 1 atom stereocenters. The van der Waals surface area contributed by atoms with Crippen molar-refractivity contribution in [2.24, 2.45) is 5.92 Å². The number of benzene rings is 1. The SMILES string of the molecule is Cc1ccc(CNC2CN3CCC2CC3)c(Br)c1. The number of hydrogen-bond donors (Lipinski definition) is 1. The molecule has 0 spiro atoms.